The summed E-state index contributed by atoms with van der Waals surface area (Å²) in [5, 5.41) is 8.15. The highest BCUT2D eigenvalue weighted by Crippen LogP contribution is 2.27. The Balaban J connectivity index is 0.00000289. The fourth-order valence-electron chi connectivity index (χ4n) is 4.00. The zero-order chi connectivity index (χ0) is 21.6. The molecule has 0 aliphatic carbocycles. The fourth-order valence-corrected chi connectivity index (χ4v) is 4.00. The molecule has 1 fully saturated rings. The van der Waals surface area contributed by atoms with Crippen molar-refractivity contribution in [1.29, 1.82) is 0 Å². The van der Waals surface area contributed by atoms with Crippen LogP contribution in [-0.4, -0.2) is 56.9 Å². The number of benzene rings is 1. The van der Waals surface area contributed by atoms with E-state index in [2.05, 4.69) is 39.8 Å². The van der Waals surface area contributed by atoms with E-state index in [9.17, 15) is 0 Å². The molecule has 4 rings (SSSR count). The number of guanidine groups is 1. The van der Waals surface area contributed by atoms with Crippen LogP contribution in [0.5, 0.6) is 5.75 Å². The molecule has 1 aliphatic rings. The lowest BCUT2D eigenvalue weighted by atomic mass is 9.93. The van der Waals surface area contributed by atoms with Crippen molar-refractivity contribution in [3.63, 3.8) is 0 Å². The number of rotatable bonds is 6. The molecule has 172 valence electrons. The van der Waals surface area contributed by atoms with Crippen molar-refractivity contribution in [3.05, 3.63) is 60.9 Å². The van der Waals surface area contributed by atoms with Crippen LogP contribution in [0.2, 0.25) is 0 Å². The van der Waals surface area contributed by atoms with Gasteiger partial charge in [-0.15, -0.1) is 24.0 Å². The summed E-state index contributed by atoms with van der Waals surface area (Å²) >= 11 is 0. The second-order valence-corrected chi connectivity index (χ2v) is 7.91. The van der Waals surface area contributed by atoms with Crippen molar-refractivity contribution in [2.75, 3.05) is 26.7 Å². The van der Waals surface area contributed by atoms with Crippen LogP contribution in [0.25, 0.3) is 5.69 Å². The average molecular weight is 549 g/mol. The zero-order valence-corrected chi connectivity index (χ0v) is 21.2. The molecule has 0 radical (unpaired) electrons. The van der Waals surface area contributed by atoms with Crippen molar-refractivity contribution < 1.29 is 4.74 Å². The van der Waals surface area contributed by atoms with E-state index in [0.717, 1.165) is 49.1 Å². The van der Waals surface area contributed by atoms with Gasteiger partial charge in [0, 0.05) is 38.2 Å². The maximum atomic E-state index is 5.23. The summed E-state index contributed by atoms with van der Waals surface area (Å²) in [6.45, 7) is 7.71. The molecule has 1 aliphatic heterocycles. The number of hydrogen-bond acceptors (Lipinski definition) is 4. The molecule has 1 N–H and O–H groups in total. The molecule has 1 aromatic carbocycles. The van der Waals surface area contributed by atoms with Crippen LogP contribution in [0.4, 0.5) is 0 Å². The first-order chi connectivity index (χ1) is 15.2. The molecule has 2 atom stereocenters. The van der Waals surface area contributed by atoms with Gasteiger partial charge in [-0.3, -0.25) is 0 Å². The van der Waals surface area contributed by atoms with Gasteiger partial charge < -0.3 is 19.5 Å². The van der Waals surface area contributed by atoms with Crippen molar-refractivity contribution in [2.45, 2.75) is 32.9 Å². The Labute approximate surface area is 206 Å². The predicted octanol–water partition coefficient (Wildman–Crippen LogP) is 3.74. The van der Waals surface area contributed by atoms with Crippen LogP contribution in [0.1, 0.15) is 32.0 Å². The number of ether oxygens (including phenoxy) is 1. The molecule has 3 aromatic rings. The molecule has 8 nitrogen and oxygen atoms in total. The quantitative estimate of drug-likeness (QED) is 0.288. The lowest BCUT2D eigenvalue weighted by molar-refractivity contribution is 0.189. The molecule has 0 spiro atoms. The van der Waals surface area contributed by atoms with E-state index in [1.54, 1.807) is 7.11 Å². The summed E-state index contributed by atoms with van der Waals surface area (Å²) in [5.74, 6) is 2.38. The first-order valence-corrected chi connectivity index (χ1v) is 10.9. The van der Waals surface area contributed by atoms with Gasteiger partial charge in [0.1, 0.15) is 5.75 Å². The molecule has 0 saturated carbocycles. The van der Waals surface area contributed by atoms with Gasteiger partial charge in [-0.2, -0.15) is 5.10 Å². The number of nitrogens with zero attached hydrogens (tertiary/aromatic N) is 6. The SMILES string of the molecule is CCNC(=NCc1ccn(-c2ccc(OC)cc2)n1)N1CCC(C)C(n2ccnc2)C1.I. The second-order valence-electron chi connectivity index (χ2n) is 7.91. The summed E-state index contributed by atoms with van der Waals surface area (Å²) in [5.41, 5.74) is 1.93. The standard InChI is InChI=1S/C23H31N7O.HI/c1-4-25-23(28-12-9-18(2)22(16-28)29-14-11-24-17-29)26-15-19-10-13-30(27-19)20-5-7-21(31-3)8-6-20;/h5-8,10-11,13-14,17-18,22H,4,9,12,15-16H2,1-3H3,(H,25,26);1H. The maximum Gasteiger partial charge on any atom is 0.194 e. The third-order valence-electron chi connectivity index (χ3n) is 5.83. The first kappa shape index (κ1) is 24.1. The second kappa shape index (κ2) is 11.3. The minimum absolute atomic E-state index is 0. The van der Waals surface area contributed by atoms with Gasteiger partial charge in [0.25, 0.3) is 0 Å². The molecule has 1 saturated heterocycles. The molecule has 3 heterocycles. The number of hydrogen-bond donors (Lipinski definition) is 1. The number of nitrogens with one attached hydrogen (secondary N) is 1. The number of methoxy groups -OCH3 is 1. The summed E-state index contributed by atoms with van der Waals surface area (Å²) < 4.78 is 9.32. The number of likely N-dealkylation sites (tertiary alicyclic amines) is 1. The van der Waals surface area contributed by atoms with E-state index < -0.39 is 0 Å². The van der Waals surface area contributed by atoms with Gasteiger partial charge in [-0.25, -0.2) is 14.7 Å². The molecule has 0 amide bonds. The number of piperidine rings is 1. The van der Waals surface area contributed by atoms with Crippen LogP contribution in [0, 0.1) is 5.92 Å². The number of imidazole rings is 1. The highest BCUT2D eigenvalue weighted by Gasteiger charge is 2.28. The van der Waals surface area contributed by atoms with Gasteiger partial charge in [0.05, 0.1) is 37.4 Å². The minimum Gasteiger partial charge on any atom is -0.497 e. The van der Waals surface area contributed by atoms with Crippen LogP contribution >= 0.6 is 24.0 Å². The normalized spacial score (nSPS) is 18.8. The van der Waals surface area contributed by atoms with Crippen LogP contribution in [0.3, 0.4) is 0 Å². The lowest BCUT2D eigenvalue weighted by Crippen LogP contribution is -2.49. The Bertz CT molecular complexity index is 984. The fraction of sp³-hybridized carbons (Fsp3) is 0.435. The van der Waals surface area contributed by atoms with Crippen LogP contribution in [0.15, 0.2) is 60.2 Å². The Morgan fingerprint density at radius 2 is 2.03 bits per heavy atom. The van der Waals surface area contributed by atoms with Crippen LogP contribution in [-0.2, 0) is 6.54 Å². The maximum absolute atomic E-state index is 5.23. The van der Waals surface area contributed by atoms with E-state index in [1.165, 1.54) is 0 Å². The average Bonchev–Trinajstić information content (AvgIpc) is 3.50. The van der Waals surface area contributed by atoms with E-state index in [1.807, 2.05) is 53.7 Å². The molecular weight excluding hydrogens is 517 g/mol. The molecule has 0 bridgehead atoms. The monoisotopic (exact) mass is 549 g/mol. The summed E-state index contributed by atoms with van der Waals surface area (Å²) in [4.78, 5) is 11.5. The number of aromatic nitrogens is 4. The van der Waals surface area contributed by atoms with Crippen molar-refractivity contribution in [1.82, 2.24) is 29.5 Å². The molecule has 2 unspecified atom stereocenters. The largest absolute Gasteiger partial charge is 0.497 e. The summed E-state index contributed by atoms with van der Waals surface area (Å²) in [6, 6.07) is 10.3. The van der Waals surface area contributed by atoms with Crippen molar-refractivity contribution >= 4 is 29.9 Å². The molecule has 9 heteroatoms. The summed E-state index contributed by atoms with van der Waals surface area (Å²) in [7, 11) is 1.67. The Kier molecular flexibility index (Phi) is 8.54. The Morgan fingerprint density at radius 3 is 2.72 bits per heavy atom. The summed E-state index contributed by atoms with van der Waals surface area (Å²) in [6.07, 6.45) is 8.92. The highest BCUT2D eigenvalue weighted by atomic mass is 127. The Hall–Kier alpha value is -2.56. The van der Waals surface area contributed by atoms with Gasteiger partial charge in [-0.1, -0.05) is 6.92 Å². The number of aliphatic imine (C=N–C) groups is 1. The third-order valence-corrected chi connectivity index (χ3v) is 5.83. The third kappa shape index (κ3) is 5.62. The van der Waals surface area contributed by atoms with Gasteiger partial charge >= 0.3 is 0 Å². The van der Waals surface area contributed by atoms with Crippen LogP contribution < -0.4 is 10.1 Å². The van der Waals surface area contributed by atoms with Gasteiger partial charge in [0.15, 0.2) is 5.96 Å². The minimum atomic E-state index is 0. The zero-order valence-electron chi connectivity index (χ0n) is 18.9. The number of halogens is 1. The van der Waals surface area contributed by atoms with Crippen molar-refractivity contribution in [2.24, 2.45) is 10.9 Å². The van der Waals surface area contributed by atoms with E-state index in [0.29, 0.717) is 18.5 Å². The first-order valence-electron chi connectivity index (χ1n) is 10.9. The molecule has 2 aromatic heterocycles. The molecular formula is C23H32IN7O. The topological polar surface area (TPSA) is 72.5 Å². The van der Waals surface area contributed by atoms with Crippen molar-refractivity contribution in [3.8, 4) is 11.4 Å². The van der Waals surface area contributed by atoms with E-state index >= 15 is 0 Å². The van der Waals surface area contributed by atoms with E-state index in [4.69, 9.17) is 14.8 Å². The van der Waals surface area contributed by atoms with Gasteiger partial charge in [-0.05, 0) is 49.6 Å². The van der Waals surface area contributed by atoms with E-state index in [-0.39, 0.29) is 24.0 Å². The lowest BCUT2D eigenvalue weighted by Gasteiger charge is -2.39. The molecule has 32 heavy (non-hydrogen) atoms. The Morgan fingerprint density at radius 1 is 1.22 bits per heavy atom. The predicted molar refractivity (Wildman–Crippen MR) is 137 cm³/mol. The smallest absolute Gasteiger partial charge is 0.194 e. The van der Waals surface area contributed by atoms with Gasteiger partial charge in [0.2, 0.25) is 0 Å². The highest BCUT2D eigenvalue weighted by molar-refractivity contribution is 14.0.